The van der Waals surface area contributed by atoms with E-state index in [0.717, 1.165) is 0 Å². The lowest BCUT2D eigenvalue weighted by Gasteiger charge is -2.31. The van der Waals surface area contributed by atoms with Crippen LogP contribution >= 0.6 is 15.9 Å². The summed E-state index contributed by atoms with van der Waals surface area (Å²) in [6.07, 6.45) is 0.840. The number of rotatable bonds is 5. The number of nitrogens with zero attached hydrogens (tertiary/aromatic N) is 1. The minimum atomic E-state index is -0.995. The quantitative estimate of drug-likeness (QED) is 0.331. The lowest BCUT2D eigenvalue weighted by Crippen LogP contribution is -2.57. The Morgan fingerprint density at radius 2 is 2.10 bits per heavy atom. The number of amidine groups is 1. The van der Waals surface area contributed by atoms with Gasteiger partial charge in [-0.15, -0.1) is 0 Å². The molecular weight excluding hydrogens is 329 g/mol. The number of benzene rings is 1. The van der Waals surface area contributed by atoms with Crippen LogP contribution in [0, 0.1) is 5.82 Å². The largest absolute Gasteiger partial charge is 0.409 e. The molecule has 0 saturated carbocycles. The van der Waals surface area contributed by atoms with E-state index >= 15 is 0 Å². The van der Waals surface area contributed by atoms with Crippen molar-refractivity contribution >= 4 is 27.7 Å². The second kappa shape index (κ2) is 6.69. The van der Waals surface area contributed by atoms with Crippen molar-refractivity contribution in [3.63, 3.8) is 0 Å². The maximum absolute atomic E-state index is 13.8. The van der Waals surface area contributed by atoms with Gasteiger partial charge in [-0.1, -0.05) is 34.9 Å². The van der Waals surface area contributed by atoms with Gasteiger partial charge in [0.15, 0.2) is 5.84 Å². The fourth-order valence-electron chi connectivity index (χ4n) is 1.91. The van der Waals surface area contributed by atoms with Crippen LogP contribution in [0.2, 0.25) is 0 Å². The minimum absolute atomic E-state index is 0.0924. The zero-order valence-electron chi connectivity index (χ0n) is 11.3. The highest BCUT2D eigenvalue weighted by molar-refractivity contribution is 9.10. The zero-order chi connectivity index (χ0) is 15.3. The highest BCUT2D eigenvalue weighted by atomic mass is 79.9. The van der Waals surface area contributed by atoms with E-state index in [9.17, 15) is 9.18 Å². The first-order chi connectivity index (χ1) is 9.40. The molecule has 0 heterocycles. The maximum Gasteiger partial charge on any atom is 0.255 e. The van der Waals surface area contributed by atoms with E-state index in [-0.39, 0.29) is 11.4 Å². The smallest absolute Gasteiger partial charge is 0.255 e. The third-order valence-electron chi connectivity index (χ3n) is 3.33. The summed E-state index contributed by atoms with van der Waals surface area (Å²) in [6.45, 7) is 3.58. The molecule has 0 aliphatic heterocycles. The number of carbonyl (C=O) groups excluding carboxylic acids is 1. The summed E-state index contributed by atoms with van der Waals surface area (Å²) in [5.41, 5.74) is 4.56. The van der Waals surface area contributed by atoms with Crippen molar-refractivity contribution in [3.05, 3.63) is 34.1 Å². The highest BCUT2D eigenvalue weighted by Gasteiger charge is 2.34. The maximum atomic E-state index is 13.8. The standard InChI is InChI=1S/C13H17BrFN3O2/c1-3-13(4-2,12(16)18-20)17-11(19)9-6-5-8(14)7-10(9)15/h5-7,20H,3-4H2,1-2H3,(H2,16,18)(H,17,19). The molecule has 1 aromatic carbocycles. The second-order valence-corrected chi connectivity index (χ2v) is 5.27. The molecule has 0 bridgehead atoms. The van der Waals surface area contributed by atoms with Gasteiger partial charge in [0.2, 0.25) is 0 Å². The number of oxime groups is 1. The first-order valence-corrected chi connectivity index (χ1v) is 6.95. The Morgan fingerprint density at radius 1 is 1.50 bits per heavy atom. The lowest BCUT2D eigenvalue weighted by molar-refractivity contribution is 0.0913. The molecule has 20 heavy (non-hydrogen) atoms. The molecule has 0 aliphatic carbocycles. The van der Waals surface area contributed by atoms with Crippen LogP contribution in [-0.2, 0) is 0 Å². The summed E-state index contributed by atoms with van der Waals surface area (Å²) in [5.74, 6) is -1.35. The van der Waals surface area contributed by atoms with Crippen LogP contribution in [0.15, 0.2) is 27.8 Å². The van der Waals surface area contributed by atoms with Crippen molar-refractivity contribution in [1.82, 2.24) is 5.32 Å². The van der Waals surface area contributed by atoms with E-state index in [2.05, 4.69) is 26.4 Å². The Balaban J connectivity index is 3.09. The van der Waals surface area contributed by atoms with Crippen molar-refractivity contribution in [1.29, 1.82) is 0 Å². The molecule has 110 valence electrons. The Bertz CT molecular complexity index is 530. The van der Waals surface area contributed by atoms with Crippen LogP contribution in [0.5, 0.6) is 0 Å². The first-order valence-electron chi connectivity index (χ1n) is 6.15. The summed E-state index contributed by atoms with van der Waals surface area (Å²) in [4.78, 5) is 12.2. The van der Waals surface area contributed by atoms with E-state index in [4.69, 9.17) is 10.9 Å². The normalized spacial score (nSPS) is 12.3. The Kier molecular flexibility index (Phi) is 5.50. The first kappa shape index (κ1) is 16.4. The molecular formula is C13H17BrFN3O2. The van der Waals surface area contributed by atoms with Crippen LogP contribution < -0.4 is 11.1 Å². The van der Waals surface area contributed by atoms with Crippen molar-refractivity contribution in [2.45, 2.75) is 32.2 Å². The Morgan fingerprint density at radius 3 is 2.55 bits per heavy atom. The van der Waals surface area contributed by atoms with E-state index in [0.29, 0.717) is 17.3 Å². The van der Waals surface area contributed by atoms with Gasteiger partial charge in [-0.3, -0.25) is 4.79 Å². The molecule has 4 N–H and O–H groups in total. The van der Waals surface area contributed by atoms with Gasteiger partial charge in [0.05, 0.1) is 5.56 Å². The molecule has 0 atom stereocenters. The molecule has 0 spiro atoms. The highest BCUT2D eigenvalue weighted by Crippen LogP contribution is 2.19. The number of carbonyl (C=O) groups is 1. The number of amides is 1. The van der Waals surface area contributed by atoms with E-state index in [1.54, 1.807) is 19.9 Å². The molecule has 7 heteroatoms. The van der Waals surface area contributed by atoms with Crippen LogP contribution in [0.4, 0.5) is 4.39 Å². The molecule has 0 unspecified atom stereocenters. The fraction of sp³-hybridized carbons (Fsp3) is 0.385. The van der Waals surface area contributed by atoms with Crippen LogP contribution in [-0.4, -0.2) is 22.5 Å². The van der Waals surface area contributed by atoms with E-state index in [1.165, 1.54) is 12.1 Å². The molecule has 0 saturated heterocycles. The number of nitrogens with two attached hydrogens (primary N) is 1. The fourth-order valence-corrected chi connectivity index (χ4v) is 2.24. The molecule has 0 aliphatic rings. The van der Waals surface area contributed by atoms with Gasteiger partial charge < -0.3 is 16.3 Å². The lowest BCUT2D eigenvalue weighted by atomic mass is 9.91. The molecule has 1 aromatic rings. The van der Waals surface area contributed by atoms with E-state index in [1.807, 2.05) is 0 Å². The average Bonchev–Trinajstić information content (AvgIpc) is 2.43. The Labute approximate surface area is 125 Å². The number of hydrogen-bond acceptors (Lipinski definition) is 3. The van der Waals surface area contributed by atoms with Gasteiger partial charge in [-0.05, 0) is 31.0 Å². The summed E-state index contributed by atoms with van der Waals surface area (Å²) in [6, 6.07) is 4.15. The molecule has 5 nitrogen and oxygen atoms in total. The molecule has 0 aromatic heterocycles. The third kappa shape index (κ3) is 3.27. The van der Waals surface area contributed by atoms with Gasteiger partial charge in [0.25, 0.3) is 5.91 Å². The summed E-state index contributed by atoms with van der Waals surface area (Å²) in [5, 5.41) is 14.4. The monoisotopic (exact) mass is 345 g/mol. The third-order valence-corrected chi connectivity index (χ3v) is 3.83. The van der Waals surface area contributed by atoms with Crippen molar-refractivity contribution in [2.75, 3.05) is 0 Å². The van der Waals surface area contributed by atoms with Gasteiger partial charge in [0, 0.05) is 4.47 Å². The minimum Gasteiger partial charge on any atom is -0.409 e. The van der Waals surface area contributed by atoms with Crippen LogP contribution in [0.1, 0.15) is 37.0 Å². The molecule has 1 amide bonds. The average molecular weight is 346 g/mol. The number of nitrogens with one attached hydrogen (secondary N) is 1. The summed E-state index contributed by atoms with van der Waals surface area (Å²) in [7, 11) is 0. The second-order valence-electron chi connectivity index (χ2n) is 4.35. The van der Waals surface area contributed by atoms with Gasteiger partial charge in [-0.25, -0.2) is 4.39 Å². The topological polar surface area (TPSA) is 87.7 Å². The predicted molar refractivity (Wildman–Crippen MR) is 78.3 cm³/mol. The molecule has 1 rings (SSSR count). The number of halogens is 2. The van der Waals surface area contributed by atoms with Crippen molar-refractivity contribution in [2.24, 2.45) is 10.9 Å². The van der Waals surface area contributed by atoms with Crippen molar-refractivity contribution in [3.8, 4) is 0 Å². The molecule has 0 radical (unpaired) electrons. The van der Waals surface area contributed by atoms with Crippen molar-refractivity contribution < 1.29 is 14.4 Å². The predicted octanol–water partition coefficient (Wildman–Crippen LogP) is 2.62. The van der Waals surface area contributed by atoms with Crippen LogP contribution in [0.3, 0.4) is 0 Å². The van der Waals surface area contributed by atoms with E-state index < -0.39 is 17.3 Å². The van der Waals surface area contributed by atoms with Crippen LogP contribution in [0.25, 0.3) is 0 Å². The Hall–Kier alpha value is -1.63. The summed E-state index contributed by atoms with van der Waals surface area (Å²) >= 11 is 3.12. The van der Waals surface area contributed by atoms with Gasteiger partial charge in [-0.2, -0.15) is 0 Å². The SMILES string of the molecule is CCC(CC)(NC(=O)c1ccc(Br)cc1F)/C(N)=N/O. The zero-order valence-corrected chi connectivity index (χ0v) is 12.9. The van der Waals surface area contributed by atoms with Gasteiger partial charge in [0.1, 0.15) is 11.4 Å². The summed E-state index contributed by atoms with van der Waals surface area (Å²) < 4.78 is 14.3. The molecule has 0 fully saturated rings. The van der Waals surface area contributed by atoms with Gasteiger partial charge >= 0.3 is 0 Å². The number of hydrogen-bond donors (Lipinski definition) is 3.